The standard InChI is InChI=1S/C12H17BrN2O2/c1-3-14-7-6-12(16)15-10-8-9(13)4-5-11(10)17-2/h4-5,8,14H,3,6-7H2,1-2H3,(H,15,16). The molecule has 0 atom stereocenters. The van der Waals surface area contributed by atoms with E-state index in [2.05, 4.69) is 26.6 Å². The largest absolute Gasteiger partial charge is 0.495 e. The summed E-state index contributed by atoms with van der Waals surface area (Å²) in [5.41, 5.74) is 0.684. The Morgan fingerprint density at radius 1 is 1.47 bits per heavy atom. The first-order valence-corrected chi connectivity index (χ1v) is 6.30. The van der Waals surface area contributed by atoms with Crippen molar-refractivity contribution >= 4 is 27.5 Å². The van der Waals surface area contributed by atoms with Crippen molar-refractivity contribution < 1.29 is 9.53 Å². The Morgan fingerprint density at radius 3 is 2.88 bits per heavy atom. The van der Waals surface area contributed by atoms with Crippen LogP contribution in [-0.2, 0) is 4.79 Å². The highest BCUT2D eigenvalue weighted by atomic mass is 79.9. The van der Waals surface area contributed by atoms with Crippen LogP contribution >= 0.6 is 15.9 Å². The van der Waals surface area contributed by atoms with E-state index in [0.717, 1.165) is 11.0 Å². The van der Waals surface area contributed by atoms with Gasteiger partial charge in [0.25, 0.3) is 0 Å². The highest BCUT2D eigenvalue weighted by Gasteiger charge is 2.07. The van der Waals surface area contributed by atoms with Crippen molar-refractivity contribution in [2.45, 2.75) is 13.3 Å². The van der Waals surface area contributed by atoms with Gasteiger partial charge in [-0.05, 0) is 24.7 Å². The number of nitrogens with one attached hydrogen (secondary N) is 2. The van der Waals surface area contributed by atoms with E-state index < -0.39 is 0 Å². The lowest BCUT2D eigenvalue weighted by atomic mass is 10.2. The van der Waals surface area contributed by atoms with Crippen LogP contribution in [0.5, 0.6) is 5.75 Å². The van der Waals surface area contributed by atoms with Gasteiger partial charge < -0.3 is 15.4 Å². The number of carbonyl (C=O) groups is 1. The summed E-state index contributed by atoms with van der Waals surface area (Å²) >= 11 is 3.36. The number of carbonyl (C=O) groups excluding carboxylic acids is 1. The van der Waals surface area contributed by atoms with Gasteiger partial charge in [-0.25, -0.2) is 0 Å². The van der Waals surface area contributed by atoms with Crippen LogP contribution in [-0.4, -0.2) is 26.1 Å². The monoisotopic (exact) mass is 300 g/mol. The highest BCUT2D eigenvalue weighted by Crippen LogP contribution is 2.27. The van der Waals surface area contributed by atoms with Gasteiger partial charge in [0.2, 0.25) is 5.91 Å². The molecule has 2 N–H and O–H groups in total. The van der Waals surface area contributed by atoms with E-state index in [0.29, 0.717) is 24.4 Å². The molecule has 1 rings (SSSR count). The lowest BCUT2D eigenvalue weighted by molar-refractivity contribution is -0.116. The van der Waals surface area contributed by atoms with Crippen LogP contribution < -0.4 is 15.4 Å². The number of methoxy groups -OCH3 is 1. The number of hydrogen-bond acceptors (Lipinski definition) is 3. The Morgan fingerprint density at radius 2 is 2.24 bits per heavy atom. The summed E-state index contributed by atoms with van der Waals surface area (Å²) in [7, 11) is 1.58. The van der Waals surface area contributed by atoms with Crippen LogP contribution in [0.25, 0.3) is 0 Å². The molecule has 0 aliphatic heterocycles. The summed E-state index contributed by atoms with van der Waals surface area (Å²) in [5, 5.41) is 5.93. The van der Waals surface area contributed by atoms with Gasteiger partial charge in [0.05, 0.1) is 12.8 Å². The minimum absolute atomic E-state index is 0.0256. The molecule has 0 aliphatic rings. The molecule has 0 fully saturated rings. The van der Waals surface area contributed by atoms with Gasteiger partial charge >= 0.3 is 0 Å². The van der Waals surface area contributed by atoms with Gasteiger partial charge in [0, 0.05) is 17.4 Å². The van der Waals surface area contributed by atoms with Crippen molar-refractivity contribution in [3.05, 3.63) is 22.7 Å². The number of hydrogen-bond donors (Lipinski definition) is 2. The Hall–Kier alpha value is -1.07. The molecule has 94 valence electrons. The number of anilines is 1. The average molecular weight is 301 g/mol. The minimum atomic E-state index is -0.0256. The lowest BCUT2D eigenvalue weighted by Gasteiger charge is -2.10. The van der Waals surface area contributed by atoms with Crippen LogP contribution in [0.2, 0.25) is 0 Å². The van der Waals surface area contributed by atoms with Crippen molar-refractivity contribution in [1.29, 1.82) is 0 Å². The van der Waals surface area contributed by atoms with Gasteiger partial charge in [0.15, 0.2) is 0 Å². The van der Waals surface area contributed by atoms with Crippen LogP contribution in [0.3, 0.4) is 0 Å². The maximum absolute atomic E-state index is 11.6. The fraction of sp³-hybridized carbons (Fsp3) is 0.417. The van der Waals surface area contributed by atoms with Crippen molar-refractivity contribution in [2.75, 3.05) is 25.5 Å². The third-order valence-electron chi connectivity index (χ3n) is 2.21. The van der Waals surface area contributed by atoms with Crippen LogP contribution in [0.1, 0.15) is 13.3 Å². The highest BCUT2D eigenvalue weighted by molar-refractivity contribution is 9.10. The first-order valence-electron chi connectivity index (χ1n) is 5.51. The summed E-state index contributed by atoms with van der Waals surface area (Å²) in [5.74, 6) is 0.632. The molecule has 1 aromatic rings. The fourth-order valence-electron chi connectivity index (χ4n) is 1.37. The summed E-state index contributed by atoms with van der Waals surface area (Å²) in [4.78, 5) is 11.6. The number of ether oxygens (including phenoxy) is 1. The molecule has 4 nitrogen and oxygen atoms in total. The smallest absolute Gasteiger partial charge is 0.225 e. The Labute approximate surface area is 110 Å². The Bertz CT molecular complexity index is 383. The van der Waals surface area contributed by atoms with E-state index in [1.165, 1.54) is 0 Å². The minimum Gasteiger partial charge on any atom is -0.495 e. The molecule has 0 saturated carbocycles. The second-order valence-electron chi connectivity index (χ2n) is 3.50. The predicted octanol–water partition coefficient (Wildman–Crippen LogP) is 2.40. The molecule has 5 heteroatoms. The van der Waals surface area contributed by atoms with E-state index in [1.807, 2.05) is 25.1 Å². The van der Waals surface area contributed by atoms with E-state index in [-0.39, 0.29) is 5.91 Å². The topological polar surface area (TPSA) is 50.4 Å². The van der Waals surface area contributed by atoms with Gasteiger partial charge in [-0.2, -0.15) is 0 Å². The van der Waals surface area contributed by atoms with E-state index in [4.69, 9.17) is 4.74 Å². The third-order valence-corrected chi connectivity index (χ3v) is 2.71. The second kappa shape index (κ2) is 7.29. The zero-order chi connectivity index (χ0) is 12.7. The first-order chi connectivity index (χ1) is 8.17. The Kier molecular flexibility index (Phi) is 6.00. The zero-order valence-corrected chi connectivity index (χ0v) is 11.6. The van der Waals surface area contributed by atoms with Gasteiger partial charge in [-0.15, -0.1) is 0 Å². The average Bonchev–Trinajstić information content (AvgIpc) is 2.29. The molecule has 0 spiro atoms. The third kappa shape index (κ3) is 4.75. The number of benzene rings is 1. The molecule has 0 heterocycles. The first kappa shape index (κ1) is 14.0. The maximum Gasteiger partial charge on any atom is 0.225 e. The molecule has 1 aromatic carbocycles. The van der Waals surface area contributed by atoms with Crippen LogP contribution in [0, 0.1) is 0 Å². The van der Waals surface area contributed by atoms with Crippen molar-refractivity contribution in [3.8, 4) is 5.75 Å². The number of halogens is 1. The summed E-state index contributed by atoms with van der Waals surface area (Å²) < 4.78 is 6.08. The zero-order valence-electron chi connectivity index (χ0n) is 10.0. The fourth-order valence-corrected chi connectivity index (χ4v) is 1.73. The van der Waals surface area contributed by atoms with Gasteiger partial charge in [-0.1, -0.05) is 22.9 Å². The normalized spacial score (nSPS) is 10.1. The lowest BCUT2D eigenvalue weighted by Crippen LogP contribution is -2.21. The molecule has 1 amide bonds. The van der Waals surface area contributed by atoms with Crippen molar-refractivity contribution in [2.24, 2.45) is 0 Å². The van der Waals surface area contributed by atoms with Crippen molar-refractivity contribution in [3.63, 3.8) is 0 Å². The molecule has 0 aliphatic carbocycles. The quantitative estimate of drug-likeness (QED) is 0.793. The molecule has 0 radical (unpaired) electrons. The molecular weight excluding hydrogens is 284 g/mol. The molecule has 0 bridgehead atoms. The van der Waals surface area contributed by atoms with Gasteiger partial charge in [0.1, 0.15) is 5.75 Å². The molecule has 17 heavy (non-hydrogen) atoms. The summed E-state index contributed by atoms with van der Waals surface area (Å²) in [6.07, 6.45) is 0.448. The second-order valence-corrected chi connectivity index (χ2v) is 4.41. The number of amides is 1. The SMILES string of the molecule is CCNCCC(=O)Nc1cc(Br)ccc1OC. The Balaban J connectivity index is 2.60. The summed E-state index contributed by atoms with van der Waals surface area (Å²) in [6.45, 7) is 3.56. The van der Waals surface area contributed by atoms with E-state index in [1.54, 1.807) is 7.11 Å². The molecule has 0 saturated heterocycles. The molecule has 0 unspecified atom stereocenters. The molecule has 0 aromatic heterocycles. The predicted molar refractivity (Wildman–Crippen MR) is 72.5 cm³/mol. The summed E-state index contributed by atoms with van der Waals surface area (Å²) in [6, 6.07) is 5.50. The van der Waals surface area contributed by atoms with E-state index in [9.17, 15) is 4.79 Å². The van der Waals surface area contributed by atoms with Crippen LogP contribution in [0.4, 0.5) is 5.69 Å². The van der Waals surface area contributed by atoms with Gasteiger partial charge in [-0.3, -0.25) is 4.79 Å². The number of rotatable bonds is 6. The van der Waals surface area contributed by atoms with Crippen LogP contribution in [0.15, 0.2) is 22.7 Å². The van der Waals surface area contributed by atoms with Crippen molar-refractivity contribution in [1.82, 2.24) is 5.32 Å². The van der Waals surface area contributed by atoms with E-state index >= 15 is 0 Å². The molecular formula is C12H17BrN2O2. The maximum atomic E-state index is 11.6.